The molecule has 1 aromatic rings. The number of nitrogens with one attached hydrogen (secondary N) is 1. The Morgan fingerprint density at radius 2 is 1.64 bits per heavy atom. The third-order valence-corrected chi connectivity index (χ3v) is 9.02. The second kappa shape index (κ2) is 5.77. The molecule has 1 saturated heterocycles. The number of hydrogen-bond donors (Lipinski definition) is 1. The number of hydrogen-bond acceptors (Lipinski definition) is 2. The van der Waals surface area contributed by atoms with Crippen LogP contribution in [0.4, 0.5) is 0 Å². The van der Waals surface area contributed by atoms with E-state index in [0.717, 1.165) is 5.54 Å². The smallest absolute Gasteiger partial charge is 0.127 e. The maximum Gasteiger partial charge on any atom is 0.127 e. The summed E-state index contributed by atoms with van der Waals surface area (Å²) >= 11 is 0. The van der Waals surface area contributed by atoms with Gasteiger partial charge in [0, 0.05) is 11.6 Å². The predicted octanol–water partition coefficient (Wildman–Crippen LogP) is 4.44. The van der Waals surface area contributed by atoms with Gasteiger partial charge in [0.25, 0.3) is 0 Å². The zero-order valence-corrected chi connectivity index (χ0v) is 15.9. The molecule has 1 aliphatic carbocycles. The maximum atomic E-state index is 4.01. The van der Waals surface area contributed by atoms with Gasteiger partial charge in [0.1, 0.15) is 8.24 Å². The van der Waals surface area contributed by atoms with Gasteiger partial charge in [-0.3, -0.25) is 4.90 Å². The van der Waals surface area contributed by atoms with E-state index < -0.39 is 8.24 Å². The standard InChI is InChI=1S/C19H32N2Si/c1-19(2,3)20-22(4,5)18-14-17(21-12-8-9-13-21)15-10-6-7-11-16(15)18/h6-7,10-11,17-18,20H,8-9,12-14H2,1-5H3. The number of fused-ring (bicyclic) bond motifs is 1. The fraction of sp³-hybridized carbons (Fsp3) is 0.684. The Morgan fingerprint density at radius 1 is 1.05 bits per heavy atom. The Kier molecular flexibility index (Phi) is 4.26. The normalized spacial score (nSPS) is 26.4. The lowest BCUT2D eigenvalue weighted by Crippen LogP contribution is -2.57. The number of likely N-dealkylation sites (tertiary alicyclic amines) is 1. The van der Waals surface area contributed by atoms with E-state index in [2.05, 4.69) is 68.0 Å². The van der Waals surface area contributed by atoms with Crippen molar-refractivity contribution in [2.75, 3.05) is 13.1 Å². The Morgan fingerprint density at radius 3 is 2.23 bits per heavy atom. The van der Waals surface area contributed by atoms with Gasteiger partial charge in [-0.1, -0.05) is 37.4 Å². The predicted molar refractivity (Wildman–Crippen MR) is 97.7 cm³/mol. The molecule has 0 radical (unpaired) electrons. The molecule has 2 atom stereocenters. The van der Waals surface area contributed by atoms with E-state index in [0.29, 0.717) is 6.04 Å². The van der Waals surface area contributed by atoms with Gasteiger partial charge in [0.2, 0.25) is 0 Å². The van der Waals surface area contributed by atoms with Crippen molar-refractivity contribution in [3.05, 3.63) is 35.4 Å². The summed E-state index contributed by atoms with van der Waals surface area (Å²) < 4.78 is 0. The SMILES string of the molecule is CC(C)(C)N[Si](C)(C)C1CC(N2CCCC2)c2ccccc21. The van der Waals surface area contributed by atoms with Crippen LogP contribution in [0, 0.1) is 0 Å². The van der Waals surface area contributed by atoms with E-state index in [1.807, 2.05) is 0 Å². The van der Waals surface area contributed by atoms with Gasteiger partial charge in [-0.2, -0.15) is 0 Å². The summed E-state index contributed by atoms with van der Waals surface area (Å²) in [5, 5.41) is 0. The molecule has 1 aliphatic heterocycles. The van der Waals surface area contributed by atoms with Gasteiger partial charge < -0.3 is 4.98 Å². The van der Waals surface area contributed by atoms with Crippen molar-refractivity contribution in [3.63, 3.8) is 0 Å². The first-order valence-electron chi connectivity index (χ1n) is 8.90. The highest BCUT2D eigenvalue weighted by Crippen LogP contribution is 2.47. The number of rotatable bonds is 3. The van der Waals surface area contributed by atoms with Crippen LogP contribution in [0.25, 0.3) is 0 Å². The average Bonchev–Trinajstić information content (AvgIpc) is 3.02. The zero-order valence-electron chi connectivity index (χ0n) is 14.9. The molecule has 0 amide bonds. The van der Waals surface area contributed by atoms with Crippen molar-refractivity contribution in [3.8, 4) is 0 Å². The lowest BCUT2D eigenvalue weighted by Gasteiger charge is -2.38. The molecule has 1 N–H and O–H groups in total. The Balaban J connectivity index is 1.90. The Labute approximate surface area is 137 Å². The zero-order chi connectivity index (χ0) is 16.0. The summed E-state index contributed by atoms with van der Waals surface area (Å²) in [5.74, 6) is 0. The fourth-order valence-electron chi connectivity index (χ4n) is 4.74. The van der Waals surface area contributed by atoms with Crippen molar-refractivity contribution < 1.29 is 0 Å². The first kappa shape index (κ1) is 16.2. The topological polar surface area (TPSA) is 15.3 Å². The van der Waals surface area contributed by atoms with Crippen LogP contribution in [0.15, 0.2) is 24.3 Å². The van der Waals surface area contributed by atoms with Crippen LogP contribution < -0.4 is 4.98 Å². The van der Waals surface area contributed by atoms with Crippen LogP contribution in [0.1, 0.15) is 62.7 Å². The van der Waals surface area contributed by atoms with E-state index in [4.69, 9.17) is 0 Å². The molecule has 1 fully saturated rings. The minimum atomic E-state index is -1.53. The van der Waals surface area contributed by atoms with Gasteiger partial charge in [0.15, 0.2) is 0 Å². The van der Waals surface area contributed by atoms with E-state index >= 15 is 0 Å². The molecule has 22 heavy (non-hydrogen) atoms. The van der Waals surface area contributed by atoms with Crippen LogP contribution in [-0.2, 0) is 0 Å². The van der Waals surface area contributed by atoms with Gasteiger partial charge in [0.05, 0.1) is 0 Å². The van der Waals surface area contributed by atoms with Crippen molar-refractivity contribution >= 4 is 8.24 Å². The molecular weight excluding hydrogens is 284 g/mol. The monoisotopic (exact) mass is 316 g/mol. The maximum absolute atomic E-state index is 4.01. The number of benzene rings is 1. The molecular formula is C19H32N2Si. The molecule has 2 aliphatic rings. The second-order valence-electron chi connectivity index (χ2n) is 8.77. The van der Waals surface area contributed by atoms with Crippen LogP contribution >= 0.6 is 0 Å². The van der Waals surface area contributed by atoms with Gasteiger partial charge in [-0.05, 0) is 69.8 Å². The quantitative estimate of drug-likeness (QED) is 0.829. The van der Waals surface area contributed by atoms with Crippen LogP contribution in [-0.4, -0.2) is 31.8 Å². The minimum absolute atomic E-state index is 0.205. The van der Waals surface area contributed by atoms with E-state index in [1.54, 1.807) is 11.1 Å². The summed E-state index contributed by atoms with van der Waals surface area (Å²) in [5.41, 5.74) is 4.18. The highest BCUT2D eigenvalue weighted by atomic mass is 28.3. The first-order valence-corrected chi connectivity index (χ1v) is 12.0. The van der Waals surface area contributed by atoms with Crippen molar-refractivity contribution in [1.82, 2.24) is 9.88 Å². The van der Waals surface area contributed by atoms with E-state index in [1.165, 1.54) is 32.4 Å². The molecule has 3 heteroatoms. The Hall–Kier alpha value is -0.643. The average molecular weight is 317 g/mol. The summed E-state index contributed by atoms with van der Waals surface area (Å²) in [4.78, 5) is 6.75. The summed E-state index contributed by atoms with van der Waals surface area (Å²) in [6, 6.07) is 9.92. The van der Waals surface area contributed by atoms with Gasteiger partial charge >= 0.3 is 0 Å². The van der Waals surface area contributed by atoms with Crippen LogP contribution in [0.2, 0.25) is 13.1 Å². The lowest BCUT2D eigenvalue weighted by atomic mass is 10.1. The molecule has 3 rings (SSSR count). The molecule has 2 unspecified atom stereocenters. The lowest BCUT2D eigenvalue weighted by molar-refractivity contribution is 0.243. The Bertz CT molecular complexity index is 526. The fourth-order valence-corrected chi connectivity index (χ4v) is 8.71. The third-order valence-electron chi connectivity index (χ3n) is 5.34. The molecule has 0 saturated carbocycles. The second-order valence-corrected chi connectivity index (χ2v) is 13.2. The largest absolute Gasteiger partial charge is 0.332 e. The van der Waals surface area contributed by atoms with Crippen LogP contribution in [0.3, 0.4) is 0 Å². The molecule has 0 aromatic heterocycles. The van der Waals surface area contributed by atoms with Crippen molar-refractivity contribution in [2.45, 2.75) is 70.2 Å². The van der Waals surface area contributed by atoms with Crippen LogP contribution in [0.5, 0.6) is 0 Å². The van der Waals surface area contributed by atoms with Crippen molar-refractivity contribution in [1.29, 1.82) is 0 Å². The highest BCUT2D eigenvalue weighted by Gasteiger charge is 2.44. The summed E-state index contributed by atoms with van der Waals surface area (Å²) in [6.45, 7) is 14.5. The highest BCUT2D eigenvalue weighted by molar-refractivity contribution is 6.76. The molecule has 0 spiro atoms. The number of nitrogens with zero attached hydrogens (tertiary/aromatic N) is 1. The summed E-state index contributed by atoms with van der Waals surface area (Å²) in [7, 11) is -1.53. The van der Waals surface area contributed by atoms with Gasteiger partial charge in [-0.15, -0.1) is 0 Å². The summed E-state index contributed by atoms with van der Waals surface area (Å²) in [6.07, 6.45) is 4.08. The molecule has 1 aromatic carbocycles. The first-order chi connectivity index (χ1) is 10.3. The minimum Gasteiger partial charge on any atom is -0.332 e. The van der Waals surface area contributed by atoms with E-state index in [9.17, 15) is 0 Å². The molecule has 0 bridgehead atoms. The van der Waals surface area contributed by atoms with E-state index in [-0.39, 0.29) is 5.54 Å². The third kappa shape index (κ3) is 3.17. The van der Waals surface area contributed by atoms with Gasteiger partial charge in [-0.25, -0.2) is 0 Å². The molecule has 2 nitrogen and oxygen atoms in total. The molecule has 1 heterocycles. The molecule has 122 valence electrons. The van der Waals surface area contributed by atoms with Crippen molar-refractivity contribution in [2.24, 2.45) is 0 Å².